The molecule has 1 aliphatic heterocycles. The summed E-state index contributed by atoms with van der Waals surface area (Å²) in [6, 6.07) is 4.57. The number of nitrogens with zero attached hydrogens (tertiary/aromatic N) is 3. The van der Waals surface area contributed by atoms with Crippen LogP contribution in [0, 0.1) is 5.82 Å². The van der Waals surface area contributed by atoms with Gasteiger partial charge in [-0.3, -0.25) is 4.72 Å². The number of hydrogen-bond donors (Lipinski definition) is 1. The topological polar surface area (TPSA) is 84.4 Å². The van der Waals surface area contributed by atoms with Crippen LogP contribution in [-0.4, -0.2) is 44.7 Å². The van der Waals surface area contributed by atoms with Gasteiger partial charge >= 0.3 is 0 Å². The van der Waals surface area contributed by atoms with Crippen LogP contribution in [0.1, 0.15) is 0 Å². The first kappa shape index (κ1) is 15.6. The normalized spacial score (nSPS) is 15.4. The highest BCUT2D eigenvalue weighted by Crippen LogP contribution is 2.17. The number of halogens is 1. The fourth-order valence-electron chi connectivity index (χ4n) is 2.13. The van der Waals surface area contributed by atoms with Gasteiger partial charge in [-0.2, -0.15) is 0 Å². The Morgan fingerprint density at radius 3 is 2.30 bits per heavy atom. The molecule has 2 aromatic rings. The van der Waals surface area contributed by atoms with Crippen molar-refractivity contribution < 1.29 is 17.5 Å². The first-order valence-corrected chi connectivity index (χ1v) is 8.46. The third kappa shape index (κ3) is 3.74. The van der Waals surface area contributed by atoms with Crippen molar-refractivity contribution >= 4 is 21.7 Å². The van der Waals surface area contributed by atoms with E-state index >= 15 is 0 Å². The van der Waals surface area contributed by atoms with Gasteiger partial charge in [0.1, 0.15) is 5.82 Å². The number of aromatic nitrogens is 2. The number of hydrogen-bond acceptors (Lipinski definition) is 6. The fourth-order valence-corrected chi connectivity index (χ4v) is 3.16. The zero-order valence-corrected chi connectivity index (χ0v) is 13.0. The number of ether oxygens (including phenoxy) is 1. The summed E-state index contributed by atoms with van der Waals surface area (Å²) in [4.78, 5) is 10.3. The Morgan fingerprint density at radius 1 is 1.09 bits per heavy atom. The molecule has 1 N–H and O–H groups in total. The lowest BCUT2D eigenvalue weighted by atomic mass is 10.4. The van der Waals surface area contributed by atoms with Gasteiger partial charge < -0.3 is 9.64 Å². The molecule has 0 amide bonds. The first-order valence-electron chi connectivity index (χ1n) is 6.98. The number of rotatable bonds is 4. The molecule has 1 aliphatic rings. The Labute approximate surface area is 133 Å². The quantitative estimate of drug-likeness (QED) is 0.903. The van der Waals surface area contributed by atoms with Crippen LogP contribution < -0.4 is 9.62 Å². The summed E-state index contributed by atoms with van der Waals surface area (Å²) in [5.74, 6) is 0.0279. The van der Waals surface area contributed by atoms with E-state index in [1.54, 1.807) is 0 Å². The summed E-state index contributed by atoms with van der Waals surface area (Å²) in [6.45, 7) is 2.62. The van der Waals surface area contributed by atoms with Crippen LogP contribution in [0.3, 0.4) is 0 Å². The van der Waals surface area contributed by atoms with E-state index in [2.05, 4.69) is 14.7 Å². The average molecular weight is 338 g/mol. The molecule has 0 spiro atoms. The Balaban J connectivity index is 1.73. The van der Waals surface area contributed by atoms with Crippen molar-refractivity contribution in [2.75, 3.05) is 35.9 Å². The minimum atomic E-state index is -3.80. The second kappa shape index (κ2) is 6.47. The molecule has 1 fully saturated rings. The summed E-state index contributed by atoms with van der Waals surface area (Å²) < 4.78 is 44.9. The van der Waals surface area contributed by atoms with Gasteiger partial charge in [0.25, 0.3) is 10.0 Å². The molecule has 0 bridgehead atoms. The van der Waals surface area contributed by atoms with Crippen molar-refractivity contribution in [1.29, 1.82) is 0 Å². The van der Waals surface area contributed by atoms with Crippen LogP contribution in [0.25, 0.3) is 0 Å². The smallest absolute Gasteiger partial charge is 0.261 e. The van der Waals surface area contributed by atoms with E-state index in [1.807, 2.05) is 4.90 Å². The molecule has 1 saturated heterocycles. The van der Waals surface area contributed by atoms with E-state index in [0.717, 1.165) is 12.1 Å². The molecular formula is C14H15FN4O3S. The van der Waals surface area contributed by atoms with E-state index in [9.17, 15) is 12.8 Å². The van der Waals surface area contributed by atoms with Crippen LogP contribution in [0.15, 0.2) is 41.6 Å². The summed E-state index contributed by atoms with van der Waals surface area (Å²) in [5.41, 5.74) is 0.242. The predicted molar refractivity (Wildman–Crippen MR) is 82.3 cm³/mol. The van der Waals surface area contributed by atoms with Crippen molar-refractivity contribution in [3.63, 3.8) is 0 Å². The third-order valence-corrected chi connectivity index (χ3v) is 4.71. The Kier molecular flexibility index (Phi) is 4.39. The monoisotopic (exact) mass is 338 g/mol. The third-order valence-electron chi connectivity index (χ3n) is 3.31. The Hall–Kier alpha value is -2.26. The standard InChI is InChI=1S/C14H15FN4O3S/c15-11-1-3-13(4-2-11)23(20,21)18-12-9-16-14(17-10-12)19-5-7-22-8-6-19/h1-4,9-10,18H,5-8H2. The maximum absolute atomic E-state index is 12.9. The minimum absolute atomic E-state index is 0.0313. The van der Waals surface area contributed by atoms with Crippen LogP contribution in [-0.2, 0) is 14.8 Å². The minimum Gasteiger partial charge on any atom is -0.378 e. The van der Waals surface area contributed by atoms with Crippen molar-refractivity contribution in [2.45, 2.75) is 4.90 Å². The molecule has 0 atom stereocenters. The van der Waals surface area contributed by atoms with Crippen LogP contribution in [0.5, 0.6) is 0 Å². The van der Waals surface area contributed by atoms with Gasteiger partial charge in [0.2, 0.25) is 5.95 Å². The maximum Gasteiger partial charge on any atom is 0.261 e. The van der Waals surface area contributed by atoms with Gasteiger partial charge in [-0.15, -0.1) is 0 Å². The van der Waals surface area contributed by atoms with E-state index < -0.39 is 15.8 Å². The lowest BCUT2D eigenvalue weighted by Crippen LogP contribution is -2.37. The number of nitrogens with one attached hydrogen (secondary N) is 1. The largest absolute Gasteiger partial charge is 0.378 e. The van der Waals surface area contributed by atoms with Gasteiger partial charge in [-0.1, -0.05) is 0 Å². The number of benzene rings is 1. The zero-order chi connectivity index (χ0) is 16.3. The van der Waals surface area contributed by atoms with Gasteiger partial charge in [-0.25, -0.2) is 22.8 Å². The molecule has 0 radical (unpaired) electrons. The van der Waals surface area contributed by atoms with Gasteiger partial charge in [-0.05, 0) is 24.3 Å². The zero-order valence-electron chi connectivity index (χ0n) is 12.1. The lowest BCUT2D eigenvalue weighted by Gasteiger charge is -2.26. The Bertz CT molecular complexity index is 760. The van der Waals surface area contributed by atoms with Gasteiger partial charge in [0, 0.05) is 13.1 Å². The molecule has 3 rings (SSSR count). The van der Waals surface area contributed by atoms with Crippen molar-refractivity contribution in [2.24, 2.45) is 0 Å². The predicted octanol–water partition coefficient (Wildman–Crippen LogP) is 1.25. The van der Waals surface area contributed by atoms with Crippen molar-refractivity contribution in [1.82, 2.24) is 9.97 Å². The van der Waals surface area contributed by atoms with Crippen LogP contribution >= 0.6 is 0 Å². The molecule has 1 aromatic heterocycles. The molecular weight excluding hydrogens is 323 g/mol. The van der Waals surface area contributed by atoms with Crippen molar-refractivity contribution in [3.05, 3.63) is 42.5 Å². The van der Waals surface area contributed by atoms with Crippen molar-refractivity contribution in [3.8, 4) is 0 Å². The maximum atomic E-state index is 12.9. The number of morpholine rings is 1. The first-order chi connectivity index (χ1) is 11.0. The fraction of sp³-hybridized carbons (Fsp3) is 0.286. The lowest BCUT2D eigenvalue weighted by molar-refractivity contribution is 0.122. The van der Waals surface area contributed by atoms with Gasteiger partial charge in [0.15, 0.2) is 0 Å². The summed E-state index contributed by atoms with van der Waals surface area (Å²) in [6.07, 6.45) is 2.80. The highest BCUT2D eigenvalue weighted by atomic mass is 32.2. The van der Waals surface area contributed by atoms with Crippen LogP contribution in [0.4, 0.5) is 16.0 Å². The van der Waals surface area contributed by atoms with E-state index in [4.69, 9.17) is 4.74 Å². The molecule has 2 heterocycles. The second-order valence-corrected chi connectivity index (χ2v) is 6.61. The molecule has 1 aromatic carbocycles. The van der Waals surface area contributed by atoms with E-state index in [0.29, 0.717) is 32.3 Å². The molecule has 9 heteroatoms. The highest BCUT2D eigenvalue weighted by molar-refractivity contribution is 7.92. The molecule has 0 unspecified atom stereocenters. The molecule has 0 aliphatic carbocycles. The summed E-state index contributed by atoms with van der Waals surface area (Å²) >= 11 is 0. The SMILES string of the molecule is O=S(=O)(Nc1cnc(N2CCOCC2)nc1)c1ccc(F)cc1. The number of anilines is 2. The van der Waals surface area contributed by atoms with E-state index in [-0.39, 0.29) is 10.6 Å². The highest BCUT2D eigenvalue weighted by Gasteiger charge is 2.16. The van der Waals surface area contributed by atoms with Gasteiger partial charge in [0.05, 0.1) is 36.2 Å². The molecule has 0 saturated carbocycles. The second-order valence-electron chi connectivity index (χ2n) is 4.93. The summed E-state index contributed by atoms with van der Waals surface area (Å²) in [5, 5.41) is 0. The molecule has 122 valence electrons. The number of sulfonamides is 1. The van der Waals surface area contributed by atoms with E-state index in [1.165, 1.54) is 24.5 Å². The molecule has 23 heavy (non-hydrogen) atoms. The van der Waals surface area contributed by atoms with Crippen LogP contribution in [0.2, 0.25) is 0 Å². The molecule has 7 nitrogen and oxygen atoms in total. The average Bonchev–Trinajstić information content (AvgIpc) is 2.56. The Morgan fingerprint density at radius 2 is 1.70 bits per heavy atom. The summed E-state index contributed by atoms with van der Waals surface area (Å²) in [7, 11) is -3.80.